The second-order valence-electron chi connectivity index (χ2n) is 5.66. The van der Waals surface area contributed by atoms with E-state index in [9.17, 15) is 0 Å². The van der Waals surface area contributed by atoms with Crippen molar-refractivity contribution in [1.29, 1.82) is 0 Å². The van der Waals surface area contributed by atoms with Gasteiger partial charge in [0, 0.05) is 28.0 Å². The van der Waals surface area contributed by atoms with Crippen molar-refractivity contribution in [1.82, 2.24) is 5.32 Å². The number of nitrogens with one attached hydrogen (secondary N) is 1. The van der Waals surface area contributed by atoms with Crippen molar-refractivity contribution in [2.75, 3.05) is 13.1 Å². The van der Waals surface area contributed by atoms with Crippen molar-refractivity contribution >= 4 is 27.5 Å². The highest BCUT2D eigenvalue weighted by molar-refractivity contribution is 9.10. The number of hydrogen-bond donors (Lipinski definition) is 1. The molecule has 2 aromatic carbocycles. The molecular formula is C17H17BrClN. The fourth-order valence-corrected chi connectivity index (χ4v) is 3.39. The largest absolute Gasteiger partial charge is 0.315 e. The van der Waals surface area contributed by atoms with E-state index in [1.807, 2.05) is 0 Å². The van der Waals surface area contributed by atoms with Crippen molar-refractivity contribution in [3.05, 3.63) is 68.7 Å². The van der Waals surface area contributed by atoms with Gasteiger partial charge in [-0.3, -0.25) is 0 Å². The summed E-state index contributed by atoms with van der Waals surface area (Å²) >= 11 is 9.90. The predicted octanol–water partition coefficient (Wildman–Crippen LogP) is 4.49. The van der Waals surface area contributed by atoms with Crippen LogP contribution in [-0.4, -0.2) is 13.1 Å². The van der Waals surface area contributed by atoms with Crippen LogP contribution in [0.15, 0.2) is 46.9 Å². The van der Waals surface area contributed by atoms with E-state index in [4.69, 9.17) is 11.6 Å². The van der Waals surface area contributed by atoms with Crippen molar-refractivity contribution < 1.29 is 0 Å². The Hall–Kier alpha value is -0.830. The van der Waals surface area contributed by atoms with E-state index in [-0.39, 0.29) is 5.41 Å². The van der Waals surface area contributed by atoms with Crippen LogP contribution in [0.4, 0.5) is 0 Å². The van der Waals surface area contributed by atoms with Gasteiger partial charge in [-0.15, -0.1) is 0 Å². The molecule has 3 heteroatoms. The molecule has 0 aromatic heterocycles. The molecule has 1 fully saturated rings. The lowest BCUT2D eigenvalue weighted by Gasteiger charge is -2.43. The Kier molecular flexibility index (Phi) is 3.89. The van der Waals surface area contributed by atoms with E-state index in [0.717, 1.165) is 29.0 Å². The van der Waals surface area contributed by atoms with Gasteiger partial charge in [0.1, 0.15) is 0 Å². The van der Waals surface area contributed by atoms with Crippen LogP contribution in [0.1, 0.15) is 16.7 Å². The topological polar surface area (TPSA) is 12.0 Å². The van der Waals surface area contributed by atoms with Crippen LogP contribution in [0.25, 0.3) is 0 Å². The second kappa shape index (κ2) is 5.51. The minimum absolute atomic E-state index is 0.180. The zero-order valence-electron chi connectivity index (χ0n) is 11.4. The first-order chi connectivity index (χ1) is 9.59. The molecule has 3 rings (SSSR count). The quantitative estimate of drug-likeness (QED) is 0.859. The van der Waals surface area contributed by atoms with Gasteiger partial charge in [0.25, 0.3) is 0 Å². The van der Waals surface area contributed by atoms with Gasteiger partial charge < -0.3 is 5.32 Å². The Balaban J connectivity index is 1.91. The van der Waals surface area contributed by atoms with Gasteiger partial charge in [-0.2, -0.15) is 0 Å². The summed E-state index contributed by atoms with van der Waals surface area (Å²) in [7, 11) is 0. The summed E-state index contributed by atoms with van der Waals surface area (Å²) < 4.78 is 1.12. The molecule has 1 nitrogen and oxygen atoms in total. The van der Waals surface area contributed by atoms with Crippen LogP contribution >= 0.6 is 27.5 Å². The first kappa shape index (κ1) is 14.1. The maximum absolute atomic E-state index is 6.40. The van der Waals surface area contributed by atoms with Crippen LogP contribution in [0.5, 0.6) is 0 Å². The van der Waals surface area contributed by atoms with E-state index >= 15 is 0 Å². The second-order valence-corrected chi connectivity index (χ2v) is 6.99. The fraction of sp³-hybridized carbons (Fsp3) is 0.294. The molecule has 2 aromatic rings. The van der Waals surface area contributed by atoms with Crippen LogP contribution in [0, 0.1) is 6.92 Å². The lowest BCUT2D eigenvalue weighted by Crippen LogP contribution is -2.58. The lowest BCUT2D eigenvalue weighted by atomic mass is 9.71. The molecular weight excluding hydrogens is 334 g/mol. The number of hydrogen-bond acceptors (Lipinski definition) is 1. The molecule has 1 heterocycles. The molecule has 0 amide bonds. The number of benzene rings is 2. The molecule has 0 unspecified atom stereocenters. The monoisotopic (exact) mass is 349 g/mol. The van der Waals surface area contributed by atoms with Gasteiger partial charge in [-0.25, -0.2) is 0 Å². The third kappa shape index (κ3) is 2.65. The maximum atomic E-state index is 6.40. The molecule has 0 aliphatic carbocycles. The van der Waals surface area contributed by atoms with Gasteiger partial charge in [-0.05, 0) is 48.2 Å². The molecule has 20 heavy (non-hydrogen) atoms. The molecule has 0 radical (unpaired) electrons. The van der Waals surface area contributed by atoms with Gasteiger partial charge >= 0.3 is 0 Å². The highest BCUT2D eigenvalue weighted by Gasteiger charge is 2.39. The normalized spacial score (nSPS) is 16.8. The first-order valence-corrected chi connectivity index (χ1v) is 7.98. The van der Waals surface area contributed by atoms with Gasteiger partial charge in [0.05, 0.1) is 0 Å². The molecule has 0 bridgehead atoms. The molecule has 1 aliphatic rings. The van der Waals surface area contributed by atoms with Crippen molar-refractivity contribution in [3.63, 3.8) is 0 Å². The van der Waals surface area contributed by atoms with Gasteiger partial charge in [0.2, 0.25) is 0 Å². The number of rotatable bonds is 3. The highest BCUT2D eigenvalue weighted by Crippen LogP contribution is 2.35. The third-order valence-corrected chi connectivity index (χ3v) is 5.00. The van der Waals surface area contributed by atoms with Crippen molar-refractivity contribution in [3.8, 4) is 0 Å². The smallest absolute Gasteiger partial charge is 0.0440 e. The Bertz CT molecular complexity index is 617. The first-order valence-electron chi connectivity index (χ1n) is 6.81. The van der Waals surface area contributed by atoms with Gasteiger partial charge in [0.15, 0.2) is 0 Å². The summed E-state index contributed by atoms with van der Waals surface area (Å²) in [6.07, 6.45) is 0.987. The van der Waals surface area contributed by atoms with E-state index in [2.05, 4.69) is 70.6 Å². The Morgan fingerprint density at radius 1 is 1.15 bits per heavy atom. The fourth-order valence-electron chi connectivity index (χ4n) is 2.82. The summed E-state index contributed by atoms with van der Waals surface area (Å²) in [5.74, 6) is 0. The molecule has 104 valence electrons. The lowest BCUT2D eigenvalue weighted by molar-refractivity contribution is 0.275. The molecule has 1 aliphatic heterocycles. The Morgan fingerprint density at radius 2 is 1.85 bits per heavy atom. The van der Waals surface area contributed by atoms with Crippen LogP contribution in [0.3, 0.4) is 0 Å². The minimum atomic E-state index is 0.180. The van der Waals surface area contributed by atoms with E-state index < -0.39 is 0 Å². The summed E-state index contributed by atoms with van der Waals surface area (Å²) in [6, 6.07) is 15.0. The third-order valence-electron chi connectivity index (χ3n) is 4.12. The van der Waals surface area contributed by atoms with Crippen LogP contribution in [0.2, 0.25) is 5.02 Å². The molecule has 0 saturated carbocycles. The predicted molar refractivity (Wildman–Crippen MR) is 88.6 cm³/mol. The summed E-state index contributed by atoms with van der Waals surface area (Å²) in [6.45, 7) is 4.10. The number of aryl methyl sites for hydroxylation is 1. The molecule has 0 atom stereocenters. The van der Waals surface area contributed by atoms with E-state index in [1.165, 1.54) is 16.7 Å². The Labute approximate surface area is 133 Å². The SMILES string of the molecule is Cc1ccc(CC2(c3ccc(Br)cc3)CNC2)c(Cl)c1. The molecule has 1 saturated heterocycles. The summed E-state index contributed by atoms with van der Waals surface area (Å²) in [4.78, 5) is 0. The summed E-state index contributed by atoms with van der Waals surface area (Å²) in [5, 5.41) is 4.29. The number of halogens is 2. The molecule has 1 N–H and O–H groups in total. The van der Waals surface area contributed by atoms with Gasteiger partial charge in [-0.1, -0.05) is 51.8 Å². The van der Waals surface area contributed by atoms with Crippen LogP contribution in [-0.2, 0) is 11.8 Å². The van der Waals surface area contributed by atoms with Crippen LogP contribution < -0.4 is 5.32 Å². The maximum Gasteiger partial charge on any atom is 0.0440 e. The average molecular weight is 351 g/mol. The highest BCUT2D eigenvalue weighted by atomic mass is 79.9. The molecule has 0 spiro atoms. The zero-order valence-corrected chi connectivity index (χ0v) is 13.8. The van der Waals surface area contributed by atoms with E-state index in [1.54, 1.807) is 0 Å². The van der Waals surface area contributed by atoms with Crippen molar-refractivity contribution in [2.45, 2.75) is 18.8 Å². The average Bonchev–Trinajstić information content (AvgIpc) is 2.37. The Morgan fingerprint density at radius 3 is 2.40 bits per heavy atom. The minimum Gasteiger partial charge on any atom is -0.315 e. The van der Waals surface area contributed by atoms with Crippen molar-refractivity contribution in [2.24, 2.45) is 0 Å². The van der Waals surface area contributed by atoms with E-state index in [0.29, 0.717) is 0 Å². The zero-order chi connectivity index (χ0) is 14.2. The standard InChI is InChI=1S/C17H17BrClN/c1-12-2-3-13(16(19)8-12)9-17(10-20-11-17)14-4-6-15(18)7-5-14/h2-8,20H,9-11H2,1H3. The summed E-state index contributed by atoms with van der Waals surface area (Å²) in [5.41, 5.74) is 4.01.